The Morgan fingerprint density at radius 1 is 0.415 bits per heavy atom. The summed E-state index contributed by atoms with van der Waals surface area (Å²) in [5.74, 6) is -0.315. The molecule has 4 saturated carbocycles. The molecule has 7 aromatic carbocycles. The van der Waals surface area contributed by atoms with Gasteiger partial charge in [-0.05, 0) is 235 Å². The lowest BCUT2D eigenvalue weighted by Crippen LogP contribution is -2.16. The van der Waals surface area contributed by atoms with Crippen molar-refractivity contribution in [3.8, 4) is 40.2 Å². The lowest BCUT2D eigenvalue weighted by molar-refractivity contribution is -0.140. The van der Waals surface area contributed by atoms with Crippen molar-refractivity contribution in [3.05, 3.63) is 203 Å². The molecule has 0 atom stereocenters. The number of phenolic OH excluding ortho intramolecular Hbond substituents is 4. The van der Waals surface area contributed by atoms with Crippen LogP contribution in [-0.2, 0) is 32.0 Å². The van der Waals surface area contributed by atoms with Crippen molar-refractivity contribution in [1.29, 1.82) is 0 Å². The van der Waals surface area contributed by atoms with Gasteiger partial charge in [0.05, 0.1) is 0 Å². The highest BCUT2D eigenvalue weighted by atomic mass is 16.7. The third kappa shape index (κ3) is 15.4. The fourth-order valence-corrected chi connectivity index (χ4v) is 16.5. The Hall–Kier alpha value is -8.45. The molecule has 6 N–H and O–H groups in total. The van der Waals surface area contributed by atoms with E-state index in [2.05, 4.69) is 36.4 Å². The van der Waals surface area contributed by atoms with Crippen molar-refractivity contribution < 1.29 is 64.0 Å². The van der Waals surface area contributed by atoms with E-state index < -0.39 is 37.0 Å². The molecule has 11 rings (SSSR count). The predicted molar refractivity (Wildman–Crippen MR) is 365 cm³/mol. The molecule has 13 nitrogen and oxygen atoms in total. The van der Waals surface area contributed by atoms with E-state index in [-0.39, 0.29) is 59.9 Å². The van der Waals surface area contributed by atoms with Gasteiger partial charge in [0.15, 0.2) is 13.2 Å². The summed E-state index contributed by atoms with van der Waals surface area (Å²) in [6.07, 6.45) is 21.5. The Bertz CT molecular complexity index is 3730. The minimum absolute atomic E-state index is 0.161. The Morgan fingerprint density at radius 3 is 1.05 bits per heavy atom. The first-order valence-electron chi connectivity index (χ1n) is 34.5. The number of ether oxygens (including phenoxy) is 4. The Morgan fingerprint density at radius 2 is 0.734 bits per heavy atom. The molecule has 4 aliphatic rings. The minimum Gasteiger partial charge on any atom is -0.508 e. The van der Waals surface area contributed by atoms with Crippen LogP contribution in [0.4, 0.5) is 0 Å². The zero-order chi connectivity index (χ0) is 66.2. The molecular formula is C81H94O13. The molecule has 4 fully saturated rings. The number of carboxylic acid groups (broad SMARTS) is 2. The number of rotatable bonds is 24. The maximum absolute atomic E-state index is 12.7. The zero-order valence-corrected chi connectivity index (χ0v) is 55.5. The van der Waals surface area contributed by atoms with E-state index in [9.17, 15) is 45.0 Å². The van der Waals surface area contributed by atoms with Crippen LogP contribution in [-0.4, -0.2) is 69.1 Å². The van der Waals surface area contributed by atoms with Crippen molar-refractivity contribution in [2.75, 3.05) is 20.0 Å². The molecule has 0 spiro atoms. The van der Waals surface area contributed by atoms with Gasteiger partial charge in [0.2, 0.25) is 6.79 Å². The molecule has 496 valence electrons. The SMILES string of the molecule is Cc1cc(Cc2ccc(OCOC=O)c(C(c3cc(C4CCCCC4)c(O)cc3C)c3cc(C4CCCCC4)c(O)cc3C)c2)c(OCC(=O)O)c(Cc2ccc(OCC(=O)O)c(C(c3cc(C4CCCCC4)c(O)cc3C)c3cc(C4CCCCC4)c(O)cc3C)c2)c1. The van der Waals surface area contributed by atoms with Crippen LogP contribution in [0, 0.1) is 34.6 Å². The Kier molecular flexibility index (Phi) is 21.6. The molecule has 4 aliphatic carbocycles. The summed E-state index contributed by atoms with van der Waals surface area (Å²) < 4.78 is 24.4. The highest BCUT2D eigenvalue weighted by Crippen LogP contribution is 2.51. The first-order chi connectivity index (χ1) is 45.4. The molecule has 94 heavy (non-hydrogen) atoms. The van der Waals surface area contributed by atoms with Gasteiger partial charge in [-0.25, -0.2) is 9.59 Å². The van der Waals surface area contributed by atoms with E-state index in [1.807, 2.05) is 95.3 Å². The number of aliphatic carboxylic acids is 2. The van der Waals surface area contributed by atoms with Gasteiger partial charge in [0.1, 0.15) is 40.2 Å². The van der Waals surface area contributed by atoms with Gasteiger partial charge in [-0.3, -0.25) is 4.79 Å². The Balaban J connectivity index is 1.06. The number of benzene rings is 7. The third-order valence-corrected chi connectivity index (χ3v) is 21.1. The largest absolute Gasteiger partial charge is 0.508 e. The summed E-state index contributed by atoms with van der Waals surface area (Å²) >= 11 is 0. The number of hydrogen-bond donors (Lipinski definition) is 6. The quantitative estimate of drug-likeness (QED) is 0.0144. The van der Waals surface area contributed by atoms with Gasteiger partial charge in [-0.2, -0.15) is 0 Å². The molecule has 0 heterocycles. The Labute approximate surface area is 554 Å². The van der Waals surface area contributed by atoms with Crippen LogP contribution in [0.2, 0.25) is 0 Å². The summed E-state index contributed by atoms with van der Waals surface area (Å²) in [6, 6.07) is 32.0. The van der Waals surface area contributed by atoms with Crippen LogP contribution in [0.3, 0.4) is 0 Å². The topological polar surface area (TPSA) is 210 Å². The van der Waals surface area contributed by atoms with Gasteiger partial charge in [-0.1, -0.05) is 143 Å². The number of phenols is 4. The summed E-state index contributed by atoms with van der Waals surface area (Å²) in [5, 5.41) is 67.5. The average Bonchev–Trinajstić information content (AvgIpc) is 0.766. The predicted octanol–water partition coefficient (Wildman–Crippen LogP) is 18.2. The van der Waals surface area contributed by atoms with Crippen LogP contribution in [0.1, 0.15) is 270 Å². The lowest BCUT2D eigenvalue weighted by atomic mass is 9.75. The molecule has 7 aromatic rings. The van der Waals surface area contributed by atoms with Crippen molar-refractivity contribution in [2.45, 2.75) is 211 Å². The summed E-state index contributed by atoms with van der Waals surface area (Å²) in [4.78, 5) is 36.8. The van der Waals surface area contributed by atoms with Gasteiger partial charge in [0, 0.05) is 35.8 Å². The molecule has 13 heteroatoms. The number of aromatic hydroxyl groups is 4. The highest BCUT2D eigenvalue weighted by molar-refractivity contribution is 5.70. The molecule has 0 radical (unpaired) electrons. The normalized spacial score (nSPS) is 16.1. The van der Waals surface area contributed by atoms with Crippen LogP contribution in [0.15, 0.2) is 97.1 Å². The maximum atomic E-state index is 12.7. The van der Waals surface area contributed by atoms with Gasteiger partial charge < -0.3 is 49.6 Å². The van der Waals surface area contributed by atoms with Crippen LogP contribution >= 0.6 is 0 Å². The van der Waals surface area contributed by atoms with Crippen LogP contribution < -0.4 is 14.2 Å². The molecule has 0 amide bonds. The highest BCUT2D eigenvalue weighted by Gasteiger charge is 2.34. The van der Waals surface area contributed by atoms with Crippen LogP contribution in [0.25, 0.3) is 0 Å². The standard InChI is InChI=1S/C81H94O13/c1-48-30-59(36-53-26-28-75(92-44-77(87)88)69(38-53)79(61-40-65(71(83)32-49(61)2)55-18-10-6-11-19-55)62-41-66(72(84)33-50(62)3)56-20-12-7-13-21-56)81(93-45-78(89)90)60(31-48)37-54-27-29-76(94-47-91-46-82)70(39-54)80(63-42-67(73(85)34-51(63)4)57-22-14-8-15-23-57)64-43-68(74(86)35-52(64)5)58-24-16-9-17-25-58/h26-35,38-43,46,55-58,79-80,83-86H,6-25,36-37,44-45,47H2,1-5H3,(H,87,88)(H,89,90). The van der Waals surface area contributed by atoms with E-state index in [1.165, 1.54) is 0 Å². The smallest absolute Gasteiger partial charge is 0.341 e. The van der Waals surface area contributed by atoms with Crippen molar-refractivity contribution >= 4 is 18.4 Å². The van der Waals surface area contributed by atoms with Gasteiger partial charge in [-0.15, -0.1) is 0 Å². The molecule has 0 aromatic heterocycles. The average molecular weight is 1280 g/mol. The van der Waals surface area contributed by atoms with Crippen molar-refractivity contribution in [3.63, 3.8) is 0 Å². The van der Waals surface area contributed by atoms with E-state index in [0.29, 0.717) is 35.7 Å². The molecule has 0 saturated heterocycles. The second-order valence-corrected chi connectivity index (χ2v) is 27.7. The molecule has 0 bridgehead atoms. The summed E-state index contributed by atoms with van der Waals surface area (Å²) in [6.45, 7) is 8.86. The molecule has 0 unspecified atom stereocenters. The zero-order valence-electron chi connectivity index (χ0n) is 55.5. The summed E-state index contributed by atoms with van der Waals surface area (Å²) in [5.41, 5.74) is 16.4. The maximum Gasteiger partial charge on any atom is 0.341 e. The number of carbonyl (C=O) groups excluding carboxylic acids is 1. The summed E-state index contributed by atoms with van der Waals surface area (Å²) in [7, 11) is 0. The lowest BCUT2D eigenvalue weighted by Gasteiger charge is -2.30. The van der Waals surface area contributed by atoms with E-state index in [0.717, 1.165) is 229 Å². The molecule has 0 aliphatic heterocycles. The third-order valence-electron chi connectivity index (χ3n) is 21.1. The number of carboxylic acids is 2. The first-order valence-corrected chi connectivity index (χ1v) is 34.5. The first kappa shape index (κ1) is 67.0. The minimum atomic E-state index is -1.14. The van der Waals surface area contributed by atoms with E-state index >= 15 is 0 Å². The van der Waals surface area contributed by atoms with Gasteiger partial charge >= 0.3 is 11.9 Å². The van der Waals surface area contributed by atoms with Crippen molar-refractivity contribution in [2.24, 2.45) is 0 Å². The number of carbonyl (C=O) groups is 3. The monoisotopic (exact) mass is 1270 g/mol. The number of hydrogen-bond acceptors (Lipinski definition) is 11. The number of aryl methyl sites for hydroxylation is 5. The van der Waals surface area contributed by atoms with Crippen molar-refractivity contribution in [1.82, 2.24) is 0 Å². The fourth-order valence-electron chi connectivity index (χ4n) is 16.5. The van der Waals surface area contributed by atoms with E-state index in [1.54, 1.807) is 0 Å². The van der Waals surface area contributed by atoms with Gasteiger partial charge in [0.25, 0.3) is 6.47 Å². The van der Waals surface area contributed by atoms with Crippen LogP contribution in [0.5, 0.6) is 40.2 Å². The van der Waals surface area contributed by atoms with E-state index in [4.69, 9.17) is 18.9 Å². The second kappa shape index (κ2) is 30.3. The second-order valence-electron chi connectivity index (χ2n) is 27.7. The fraction of sp³-hybridized carbons (Fsp3) is 0.444. The molecular weight excluding hydrogens is 1180 g/mol.